The van der Waals surface area contributed by atoms with E-state index in [1.54, 1.807) is 7.11 Å². The van der Waals surface area contributed by atoms with Gasteiger partial charge in [0.1, 0.15) is 5.75 Å². The lowest BCUT2D eigenvalue weighted by Crippen LogP contribution is -2.52. The van der Waals surface area contributed by atoms with Crippen LogP contribution < -0.4 is 10.1 Å². The summed E-state index contributed by atoms with van der Waals surface area (Å²) in [6, 6.07) is 10.4. The van der Waals surface area contributed by atoms with E-state index in [-0.39, 0.29) is 11.9 Å². The van der Waals surface area contributed by atoms with Crippen molar-refractivity contribution >= 4 is 11.6 Å². The van der Waals surface area contributed by atoms with E-state index >= 15 is 0 Å². The maximum atomic E-state index is 12.9. The van der Waals surface area contributed by atoms with E-state index in [4.69, 9.17) is 4.74 Å². The molecule has 0 aromatic heterocycles. The second-order valence-electron chi connectivity index (χ2n) is 8.57. The Kier molecular flexibility index (Phi) is 7.16. The van der Waals surface area contributed by atoms with Gasteiger partial charge < -0.3 is 10.1 Å². The van der Waals surface area contributed by atoms with E-state index in [0.717, 1.165) is 55.3 Å². The lowest BCUT2D eigenvalue weighted by Gasteiger charge is -2.37. The van der Waals surface area contributed by atoms with Crippen molar-refractivity contribution in [3.8, 4) is 5.75 Å². The molecule has 1 heterocycles. The minimum Gasteiger partial charge on any atom is -0.496 e. The van der Waals surface area contributed by atoms with Gasteiger partial charge in [-0.3, -0.25) is 14.6 Å². The highest BCUT2D eigenvalue weighted by atomic mass is 16.5. The Bertz CT molecular complexity index is 878. The van der Waals surface area contributed by atoms with E-state index < -0.39 is 0 Å². The second-order valence-corrected chi connectivity index (χ2v) is 8.57. The number of nitrogens with one attached hydrogen (secondary N) is 1. The highest BCUT2D eigenvalue weighted by Crippen LogP contribution is 2.24. The Morgan fingerprint density at radius 3 is 2.23 bits per heavy atom. The Morgan fingerprint density at radius 2 is 1.63 bits per heavy atom. The van der Waals surface area contributed by atoms with Crippen LogP contribution in [0.15, 0.2) is 30.3 Å². The van der Waals surface area contributed by atoms with Gasteiger partial charge in [-0.2, -0.15) is 0 Å². The number of hydrogen-bond acceptors (Lipinski definition) is 4. The van der Waals surface area contributed by atoms with E-state index in [1.807, 2.05) is 13.0 Å². The smallest absolute Gasteiger partial charge is 0.241 e. The van der Waals surface area contributed by atoms with Crippen molar-refractivity contribution in [3.05, 3.63) is 58.1 Å². The molecule has 0 bridgehead atoms. The molecule has 162 valence electrons. The van der Waals surface area contributed by atoms with Crippen molar-refractivity contribution in [2.24, 2.45) is 0 Å². The van der Waals surface area contributed by atoms with Crippen molar-refractivity contribution in [1.82, 2.24) is 9.80 Å². The number of methoxy groups -OCH3 is 1. The van der Waals surface area contributed by atoms with Gasteiger partial charge in [-0.15, -0.1) is 0 Å². The first-order chi connectivity index (χ1) is 14.3. The van der Waals surface area contributed by atoms with Gasteiger partial charge in [-0.25, -0.2) is 0 Å². The summed E-state index contributed by atoms with van der Waals surface area (Å²) in [6.45, 7) is 14.8. The van der Waals surface area contributed by atoms with Gasteiger partial charge in [0.05, 0.1) is 13.2 Å². The molecule has 1 N–H and O–H groups in total. The molecule has 1 aliphatic heterocycles. The molecule has 0 saturated carbocycles. The monoisotopic (exact) mass is 409 g/mol. The zero-order valence-electron chi connectivity index (χ0n) is 19.2. The summed E-state index contributed by atoms with van der Waals surface area (Å²) in [4.78, 5) is 17.6. The van der Waals surface area contributed by atoms with Crippen LogP contribution in [0.2, 0.25) is 0 Å². The van der Waals surface area contributed by atoms with Crippen LogP contribution in [0.1, 0.15) is 34.7 Å². The molecule has 2 aromatic carbocycles. The Hall–Kier alpha value is -2.37. The third kappa shape index (κ3) is 5.21. The molecule has 5 nitrogen and oxygen atoms in total. The third-order valence-corrected chi connectivity index (χ3v) is 6.09. The molecule has 5 heteroatoms. The Morgan fingerprint density at radius 1 is 1.00 bits per heavy atom. The zero-order chi connectivity index (χ0) is 21.8. The highest BCUT2D eigenvalue weighted by Gasteiger charge is 2.26. The van der Waals surface area contributed by atoms with Crippen LogP contribution in [-0.4, -0.2) is 55.0 Å². The van der Waals surface area contributed by atoms with Crippen LogP contribution in [0.5, 0.6) is 5.75 Å². The molecule has 1 amide bonds. The van der Waals surface area contributed by atoms with Crippen molar-refractivity contribution in [2.45, 2.75) is 47.2 Å². The summed E-state index contributed by atoms with van der Waals surface area (Å²) >= 11 is 0. The van der Waals surface area contributed by atoms with Crippen molar-refractivity contribution in [2.75, 3.05) is 38.6 Å². The van der Waals surface area contributed by atoms with Gasteiger partial charge >= 0.3 is 0 Å². The summed E-state index contributed by atoms with van der Waals surface area (Å²) in [5, 5.41) is 3.16. The Labute approximate surface area is 181 Å². The SMILES string of the molecule is COc1ccc(C)cc1CN1CCN([C@@H](C)C(=O)Nc2c(C)cc(C)cc2C)CC1. The van der Waals surface area contributed by atoms with Crippen LogP contribution in [0.3, 0.4) is 0 Å². The molecule has 0 aliphatic carbocycles. The predicted molar refractivity (Wildman–Crippen MR) is 123 cm³/mol. The fourth-order valence-electron chi connectivity index (χ4n) is 4.35. The van der Waals surface area contributed by atoms with Crippen molar-refractivity contribution < 1.29 is 9.53 Å². The Balaban J connectivity index is 1.57. The standard InChI is InChI=1S/C25H35N3O2/c1-17-7-8-23(30-6)22(15-17)16-27-9-11-28(12-10-27)21(5)25(29)26-24-19(3)13-18(2)14-20(24)4/h7-8,13-15,21H,9-12,16H2,1-6H3,(H,26,29)/t21-/m0/s1. The fourth-order valence-corrected chi connectivity index (χ4v) is 4.35. The van der Waals surface area contributed by atoms with Gasteiger partial charge in [0.2, 0.25) is 5.91 Å². The number of hydrogen-bond donors (Lipinski definition) is 1. The molecule has 1 saturated heterocycles. The first kappa shape index (κ1) is 22.3. The van der Waals surface area contributed by atoms with Crippen molar-refractivity contribution in [3.63, 3.8) is 0 Å². The van der Waals surface area contributed by atoms with Gasteiger partial charge in [0, 0.05) is 44.0 Å². The first-order valence-electron chi connectivity index (χ1n) is 10.8. The summed E-state index contributed by atoms with van der Waals surface area (Å²) in [6.07, 6.45) is 0. The number of amides is 1. The van der Waals surface area contributed by atoms with Crippen LogP contribution in [0.25, 0.3) is 0 Å². The van der Waals surface area contributed by atoms with E-state index in [9.17, 15) is 4.79 Å². The second kappa shape index (κ2) is 9.63. The lowest BCUT2D eigenvalue weighted by atomic mass is 10.0. The average Bonchev–Trinajstić information content (AvgIpc) is 2.70. The molecule has 3 rings (SSSR count). The van der Waals surface area contributed by atoms with Gasteiger partial charge in [-0.05, 0) is 51.8 Å². The molecular weight excluding hydrogens is 374 g/mol. The van der Waals surface area contributed by atoms with Gasteiger partial charge in [0.25, 0.3) is 0 Å². The van der Waals surface area contributed by atoms with Crippen LogP contribution in [-0.2, 0) is 11.3 Å². The molecule has 1 atom stereocenters. The molecule has 0 radical (unpaired) electrons. The predicted octanol–water partition coefficient (Wildman–Crippen LogP) is 4.07. The molecule has 2 aromatic rings. The van der Waals surface area contributed by atoms with Crippen molar-refractivity contribution in [1.29, 1.82) is 0 Å². The quantitative estimate of drug-likeness (QED) is 0.781. The summed E-state index contributed by atoms with van der Waals surface area (Å²) in [5.74, 6) is 1.01. The van der Waals surface area contributed by atoms with Gasteiger partial charge in [0.15, 0.2) is 0 Å². The number of rotatable bonds is 6. The van der Waals surface area contributed by atoms with E-state index in [1.165, 1.54) is 16.7 Å². The topological polar surface area (TPSA) is 44.8 Å². The largest absolute Gasteiger partial charge is 0.496 e. The first-order valence-corrected chi connectivity index (χ1v) is 10.8. The summed E-state index contributed by atoms with van der Waals surface area (Å²) in [5.41, 5.74) is 6.87. The molecule has 30 heavy (non-hydrogen) atoms. The zero-order valence-corrected chi connectivity index (χ0v) is 19.2. The normalized spacial score (nSPS) is 16.3. The number of carbonyl (C=O) groups excluding carboxylic acids is 1. The fraction of sp³-hybridized carbons (Fsp3) is 0.480. The van der Waals surface area contributed by atoms with E-state index in [0.29, 0.717) is 0 Å². The van der Waals surface area contributed by atoms with E-state index in [2.05, 4.69) is 67.1 Å². The molecule has 0 unspecified atom stereocenters. The molecule has 1 fully saturated rings. The maximum absolute atomic E-state index is 12.9. The number of benzene rings is 2. The molecular formula is C25H35N3O2. The maximum Gasteiger partial charge on any atom is 0.241 e. The number of piperazine rings is 1. The number of anilines is 1. The molecule has 0 spiro atoms. The van der Waals surface area contributed by atoms with Crippen LogP contribution in [0, 0.1) is 27.7 Å². The minimum absolute atomic E-state index is 0.0684. The number of nitrogens with zero attached hydrogens (tertiary/aromatic N) is 2. The number of aryl methyl sites for hydroxylation is 4. The third-order valence-electron chi connectivity index (χ3n) is 6.09. The number of carbonyl (C=O) groups is 1. The highest BCUT2D eigenvalue weighted by molar-refractivity contribution is 5.96. The summed E-state index contributed by atoms with van der Waals surface area (Å²) < 4.78 is 5.53. The number of ether oxygens (including phenoxy) is 1. The summed E-state index contributed by atoms with van der Waals surface area (Å²) in [7, 11) is 1.73. The minimum atomic E-state index is -0.152. The van der Waals surface area contributed by atoms with Crippen LogP contribution in [0.4, 0.5) is 5.69 Å². The van der Waals surface area contributed by atoms with Crippen LogP contribution >= 0.6 is 0 Å². The lowest BCUT2D eigenvalue weighted by molar-refractivity contribution is -0.121. The van der Waals surface area contributed by atoms with Gasteiger partial charge in [-0.1, -0.05) is 35.4 Å². The average molecular weight is 410 g/mol. The molecule has 1 aliphatic rings.